The minimum absolute atomic E-state index is 0.0822. The van der Waals surface area contributed by atoms with Gasteiger partial charge in [-0.05, 0) is 17.7 Å². The van der Waals surface area contributed by atoms with Gasteiger partial charge in [0.15, 0.2) is 0 Å². The van der Waals surface area contributed by atoms with Crippen LogP contribution in [0.2, 0.25) is 0 Å². The zero-order chi connectivity index (χ0) is 17.5. The molecule has 3 atom stereocenters. The zero-order valence-corrected chi connectivity index (χ0v) is 14.0. The van der Waals surface area contributed by atoms with Crippen molar-refractivity contribution in [2.75, 3.05) is 6.61 Å². The summed E-state index contributed by atoms with van der Waals surface area (Å²) < 4.78 is 17.3. The van der Waals surface area contributed by atoms with Crippen LogP contribution in [0.5, 0.6) is 0 Å². The third kappa shape index (κ3) is 4.78. The van der Waals surface area contributed by atoms with E-state index < -0.39 is 0 Å². The van der Waals surface area contributed by atoms with Gasteiger partial charge in [0.2, 0.25) is 0 Å². The van der Waals surface area contributed by atoms with Gasteiger partial charge in [0.05, 0.1) is 24.4 Å². The van der Waals surface area contributed by atoms with Crippen molar-refractivity contribution in [2.45, 2.75) is 31.3 Å². The van der Waals surface area contributed by atoms with Gasteiger partial charge in [-0.1, -0.05) is 54.6 Å². The molecule has 4 nitrogen and oxygen atoms in total. The Morgan fingerprint density at radius 3 is 2.48 bits per heavy atom. The van der Waals surface area contributed by atoms with Crippen LogP contribution in [-0.2, 0) is 20.8 Å². The van der Waals surface area contributed by atoms with Crippen LogP contribution >= 0.6 is 0 Å². The molecule has 2 aromatic carbocycles. The van der Waals surface area contributed by atoms with Crippen molar-refractivity contribution in [1.82, 2.24) is 0 Å². The summed E-state index contributed by atoms with van der Waals surface area (Å²) in [5.41, 5.74) is 1.63. The number of carbonyl (C=O) groups excluding carboxylic acids is 1. The molecule has 1 saturated heterocycles. The average Bonchev–Trinajstić information content (AvgIpc) is 3.08. The summed E-state index contributed by atoms with van der Waals surface area (Å²) >= 11 is 0. The van der Waals surface area contributed by atoms with Crippen molar-refractivity contribution in [2.24, 2.45) is 0 Å². The molecule has 130 valence electrons. The second-order valence-corrected chi connectivity index (χ2v) is 5.98. The monoisotopic (exact) mass is 338 g/mol. The summed E-state index contributed by atoms with van der Waals surface area (Å²) in [6.45, 7) is 4.45. The van der Waals surface area contributed by atoms with E-state index in [1.165, 1.54) is 0 Å². The molecule has 1 aliphatic heterocycles. The quantitative estimate of drug-likeness (QED) is 0.569. The largest absolute Gasteiger partial charge is 0.459 e. The zero-order valence-electron chi connectivity index (χ0n) is 14.0. The van der Waals surface area contributed by atoms with E-state index in [0.717, 1.165) is 5.56 Å². The van der Waals surface area contributed by atoms with Gasteiger partial charge in [-0.2, -0.15) is 0 Å². The first-order chi connectivity index (χ1) is 12.3. The van der Waals surface area contributed by atoms with Gasteiger partial charge < -0.3 is 14.2 Å². The first-order valence-electron chi connectivity index (χ1n) is 8.42. The fourth-order valence-corrected chi connectivity index (χ4v) is 2.82. The molecule has 0 N–H and O–H groups in total. The van der Waals surface area contributed by atoms with Crippen LogP contribution in [0, 0.1) is 0 Å². The van der Waals surface area contributed by atoms with Crippen LogP contribution in [0.15, 0.2) is 73.3 Å². The Bertz CT molecular complexity index is 684. The number of rotatable bonds is 7. The van der Waals surface area contributed by atoms with Gasteiger partial charge in [-0.25, -0.2) is 4.79 Å². The summed E-state index contributed by atoms with van der Waals surface area (Å²) in [6.07, 6.45) is 1.97. The second kappa shape index (κ2) is 8.60. The summed E-state index contributed by atoms with van der Waals surface area (Å²) in [5, 5.41) is 0. The first-order valence-corrected chi connectivity index (χ1v) is 8.42. The van der Waals surface area contributed by atoms with Crippen LogP contribution in [-0.4, -0.2) is 30.9 Å². The van der Waals surface area contributed by atoms with Crippen molar-refractivity contribution < 1.29 is 19.0 Å². The van der Waals surface area contributed by atoms with Gasteiger partial charge in [-0.15, -0.1) is 6.58 Å². The van der Waals surface area contributed by atoms with E-state index in [1.54, 1.807) is 18.2 Å². The lowest BCUT2D eigenvalue weighted by Gasteiger charge is -2.19. The number of hydrogen-bond donors (Lipinski definition) is 0. The Morgan fingerprint density at radius 1 is 1.12 bits per heavy atom. The highest BCUT2D eigenvalue weighted by Gasteiger charge is 2.35. The van der Waals surface area contributed by atoms with E-state index in [4.69, 9.17) is 14.2 Å². The maximum atomic E-state index is 12.1. The van der Waals surface area contributed by atoms with Gasteiger partial charge in [0.1, 0.15) is 12.7 Å². The molecule has 0 saturated carbocycles. The average molecular weight is 338 g/mol. The Labute approximate surface area is 148 Å². The molecule has 1 aliphatic rings. The molecule has 3 rings (SSSR count). The van der Waals surface area contributed by atoms with Crippen molar-refractivity contribution in [1.29, 1.82) is 0 Å². The molecular weight excluding hydrogens is 316 g/mol. The lowest BCUT2D eigenvalue weighted by atomic mass is 10.1. The molecule has 1 fully saturated rings. The van der Waals surface area contributed by atoms with Crippen LogP contribution in [0.1, 0.15) is 22.3 Å². The number of esters is 1. The normalized spacial score (nSPS) is 22.5. The van der Waals surface area contributed by atoms with Crippen LogP contribution < -0.4 is 0 Å². The summed E-state index contributed by atoms with van der Waals surface area (Å²) in [5.74, 6) is -0.354. The number of ether oxygens (including phenoxy) is 3. The topological polar surface area (TPSA) is 44.8 Å². The lowest BCUT2D eigenvalue weighted by Crippen LogP contribution is -2.30. The molecule has 0 aromatic heterocycles. The van der Waals surface area contributed by atoms with Crippen molar-refractivity contribution in [3.8, 4) is 0 Å². The number of carbonyl (C=O) groups is 1. The summed E-state index contributed by atoms with van der Waals surface area (Å²) in [6, 6.07) is 18.9. The predicted octanol–water partition coefficient (Wildman–Crippen LogP) is 3.77. The van der Waals surface area contributed by atoms with E-state index in [0.29, 0.717) is 18.6 Å². The van der Waals surface area contributed by atoms with Crippen molar-refractivity contribution >= 4 is 5.97 Å². The lowest BCUT2D eigenvalue weighted by molar-refractivity contribution is -0.0530. The van der Waals surface area contributed by atoms with E-state index in [-0.39, 0.29) is 30.9 Å². The Hall–Kier alpha value is -2.43. The highest BCUT2D eigenvalue weighted by Crippen LogP contribution is 2.25. The Kier molecular flexibility index (Phi) is 5.99. The number of hydrogen-bond acceptors (Lipinski definition) is 4. The highest BCUT2D eigenvalue weighted by molar-refractivity contribution is 5.89. The Balaban J connectivity index is 1.55. The maximum Gasteiger partial charge on any atom is 0.338 e. The third-order valence-corrected chi connectivity index (χ3v) is 4.19. The Morgan fingerprint density at radius 2 is 1.80 bits per heavy atom. The first kappa shape index (κ1) is 17.4. The molecular formula is C21H22O4. The minimum Gasteiger partial charge on any atom is -0.459 e. The smallest absolute Gasteiger partial charge is 0.338 e. The van der Waals surface area contributed by atoms with E-state index in [1.807, 2.05) is 48.5 Å². The second-order valence-electron chi connectivity index (χ2n) is 5.98. The van der Waals surface area contributed by atoms with Gasteiger partial charge in [0, 0.05) is 6.42 Å². The van der Waals surface area contributed by atoms with Crippen molar-refractivity contribution in [3.63, 3.8) is 0 Å². The molecule has 0 bridgehead atoms. The van der Waals surface area contributed by atoms with E-state index >= 15 is 0 Å². The molecule has 0 spiro atoms. The minimum atomic E-state index is -0.354. The third-order valence-electron chi connectivity index (χ3n) is 4.19. The summed E-state index contributed by atoms with van der Waals surface area (Å²) in [4.78, 5) is 12.1. The number of benzene rings is 2. The molecule has 0 aliphatic carbocycles. The van der Waals surface area contributed by atoms with E-state index in [9.17, 15) is 4.79 Å². The van der Waals surface area contributed by atoms with Gasteiger partial charge in [-0.3, -0.25) is 0 Å². The molecule has 25 heavy (non-hydrogen) atoms. The molecule has 1 heterocycles. The molecule has 1 unspecified atom stereocenters. The summed E-state index contributed by atoms with van der Waals surface area (Å²) in [7, 11) is 0. The molecule has 2 aromatic rings. The SMILES string of the molecule is C=CC1C[C@H](OCc2ccccc2)[C@@H](COC(=O)c2ccccc2)O1. The highest BCUT2D eigenvalue weighted by atomic mass is 16.6. The van der Waals surface area contributed by atoms with Crippen LogP contribution in [0.25, 0.3) is 0 Å². The molecule has 0 radical (unpaired) electrons. The van der Waals surface area contributed by atoms with Crippen molar-refractivity contribution in [3.05, 3.63) is 84.4 Å². The molecule has 0 amide bonds. The van der Waals surface area contributed by atoms with Crippen LogP contribution in [0.3, 0.4) is 0 Å². The van der Waals surface area contributed by atoms with Crippen LogP contribution in [0.4, 0.5) is 0 Å². The van der Waals surface area contributed by atoms with Gasteiger partial charge >= 0.3 is 5.97 Å². The van der Waals surface area contributed by atoms with Gasteiger partial charge in [0.25, 0.3) is 0 Å². The fourth-order valence-electron chi connectivity index (χ4n) is 2.82. The molecule has 4 heteroatoms. The van der Waals surface area contributed by atoms with E-state index in [2.05, 4.69) is 6.58 Å². The predicted molar refractivity (Wildman–Crippen MR) is 95.2 cm³/mol. The maximum absolute atomic E-state index is 12.1. The standard InChI is InChI=1S/C21H22O4/c1-2-18-13-19(23-14-16-9-5-3-6-10-16)20(25-18)15-24-21(22)17-11-7-4-8-12-17/h2-12,18-20H,1,13-15H2/t18?,19-,20+/m0/s1. The fraction of sp³-hybridized carbons (Fsp3) is 0.286.